The SMILES string of the molecule is COC(=O)c1cc(C(F)(F)F)c2c(OC)cc(N)cc2n1. The number of hydrogen-bond acceptors (Lipinski definition) is 5. The van der Waals surface area contributed by atoms with Crippen molar-refractivity contribution in [3.63, 3.8) is 0 Å². The van der Waals surface area contributed by atoms with Crippen LogP contribution in [0.1, 0.15) is 16.1 Å². The summed E-state index contributed by atoms with van der Waals surface area (Å²) in [5.74, 6) is -1.04. The van der Waals surface area contributed by atoms with Crippen LogP contribution in [0.5, 0.6) is 5.75 Å². The number of halogens is 3. The van der Waals surface area contributed by atoms with Crippen LogP contribution in [0, 0.1) is 0 Å². The van der Waals surface area contributed by atoms with Crippen molar-refractivity contribution in [2.24, 2.45) is 0 Å². The molecule has 2 N–H and O–H groups in total. The van der Waals surface area contributed by atoms with E-state index in [0.717, 1.165) is 7.11 Å². The fourth-order valence-corrected chi connectivity index (χ4v) is 1.94. The summed E-state index contributed by atoms with van der Waals surface area (Å²) >= 11 is 0. The van der Waals surface area contributed by atoms with Gasteiger partial charge in [-0.1, -0.05) is 0 Å². The molecule has 0 saturated carbocycles. The van der Waals surface area contributed by atoms with Crippen LogP contribution < -0.4 is 10.5 Å². The van der Waals surface area contributed by atoms with E-state index < -0.39 is 23.4 Å². The molecule has 0 aliphatic heterocycles. The lowest BCUT2D eigenvalue weighted by molar-refractivity contribution is -0.136. The molecule has 0 bridgehead atoms. The monoisotopic (exact) mass is 300 g/mol. The van der Waals surface area contributed by atoms with Crippen LogP contribution in [0.3, 0.4) is 0 Å². The zero-order valence-electron chi connectivity index (χ0n) is 11.1. The number of methoxy groups -OCH3 is 2. The zero-order chi connectivity index (χ0) is 15.8. The van der Waals surface area contributed by atoms with Crippen molar-refractivity contribution in [3.8, 4) is 5.75 Å². The first kappa shape index (κ1) is 14.9. The molecule has 1 aromatic carbocycles. The third-order valence-corrected chi connectivity index (χ3v) is 2.81. The number of alkyl halides is 3. The standard InChI is InChI=1S/C13H11F3N2O3/c1-20-10-4-6(17)3-8-11(10)7(13(14,15)16)5-9(18-8)12(19)21-2/h3-5H,17H2,1-2H3. The van der Waals surface area contributed by atoms with Crippen molar-refractivity contribution in [3.05, 3.63) is 29.5 Å². The molecule has 0 saturated heterocycles. The van der Waals surface area contributed by atoms with Gasteiger partial charge in [0.2, 0.25) is 0 Å². The Labute approximate surface area is 117 Å². The van der Waals surface area contributed by atoms with Crippen molar-refractivity contribution in [2.45, 2.75) is 6.18 Å². The highest BCUT2D eigenvalue weighted by molar-refractivity contribution is 5.96. The van der Waals surface area contributed by atoms with Crippen molar-refractivity contribution in [1.29, 1.82) is 0 Å². The molecule has 21 heavy (non-hydrogen) atoms. The number of nitrogens with two attached hydrogens (primary N) is 1. The molecular formula is C13H11F3N2O3. The van der Waals surface area contributed by atoms with Crippen LogP contribution in [-0.4, -0.2) is 25.2 Å². The third-order valence-electron chi connectivity index (χ3n) is 2.81. The molecule has 1 aromatic heterocycles. The lowest BCUT2D eigenvalue weighted by atomic mass is 10.1. The summed E-state index contributed by atoms with van der Waals surface area (Å²) < 4.78 is 49.0. The van der Waals surface area contributed by atoms with E-state index in [9.17, 15) is 18.0 Å². The first-order valence-corrected chi connectivity index (χ1v) is 5.71. The van der Waals surface area contributed by atoms with E-state index in [1.54, 1.807) is 0 Å². The molecular weight excluding hydrogens is 289 g/mol. The second kappa shape index (κ2) is 5.12. The highest BCUT2D eigenvalue weighted by Crippen LogP contribution is 2.40. The Morgan fingerprint density at radius 1 is 1.24 bits per heavy atom. The van der Waals surface area contributed by atoms with Gasteiger partial charge in [-0.3, -0.25) is 0 Å². The largest absolute Gasteiger partial charge is 0.496 e. The van der Waals surface area contributed by atoms with Gasteiger partial charge in [-0.2, -0.15) is 13.2 Å². The molecule has 0 aliphatic carbocycles. The molecule has 1 heterocycles. The number of anilines is 1. The van der Waals surface area contributed by atoms with Crippen molar-refractivity contribution in [2.75, 3.05) is 20.0 Å². The number of nitrogen functional groups attached to an aromatic ring is 1. The van der Waals surface area contributed by atoms with Gasteiger partial charge in [0.25, 0.3) is 0 Å². The van der Waals surface area contributed by atoms with Crippen LogP contribution in [0.15, 0.2) is 18.2 Å². The lowest BCUT2D eigenvalue weighted by Gasteiger charge is -2.15. The van der Waals surface area contributed by atoms with Gasteiger partial charge in [-0.25, -0.2) is 9.78 Å². The molecule has 0 atom stereocenters. The molecule has 112 valence electrons. The Kier molecular flexibility index (Phi) is 3.63. The molecule has 0 aliphatic rings. The van der Waals surface area contributed by atoms with Crippen LogP contribution >= 0.6 is 0 Å². The predicted molar refractivity (Wildman–Crippen MR) is 69.0 cm³/mol. The minimum Gasteiger partial charge on any atom is -0.496 e. The quantitative estimate of drug-likeness (QED) is 0.681. The van der Waals surface area contributed by atoms with E-state index in [1.165, 1.54) is 19.2 Å². The fourth-order valence-electron chi connectivity index (χ4n) is 1.94. The van der Waals surface area contributed by atoms with Gasteiger partial charge in [0.15, 0.2) is 0 Å². The molecule has 0 amide bonds. The van der Waals surface area contributed by atoms with Crippen molar-refractivity contribution < 1.29 is 27.4 Å². The average molecular weight is 300 g/mol. The Morgan fingerprint density at radius 3 is 2.43 bits per heavy atom. The summed E-state index contributed by atoms with van der Waals surface area (Å²) in [5.41, 5.74) is 4.18. The Balaban J connectivity index is 2.91. The minimum atomic E-state index is -4.69. The first-order chi connectivity index (χ1) is 9.77. The maximum Gasteiger partial charge on any atom is 0.417 e. The van der Waals surface area contributed by atoms with Gasteiger partial charge in [-0.15, -0.1) is 0 Å². The summed E-state index contributed by atoms with van der Waals surface area (Å²) in [6, 6.07) is 3.13. The van der Waals surface area contributed by atoms with E-state index in [1.807, 2.05) is 0 Å². The highest BCUT2D eigenvalue weighted by Gasteiger charge is 2.35. The number of carbonyl (C=O) groups is 1. The summed E-state index contributed by atoms with van der Waals surface area (Å²) in [4.78, 5) is 15.3. The van der Waals surface area contributed by atoms with E-state index in [-0.39, 0.29) is 22.3 Å². The highest BCUT2D eigenvalue weighted by atomic mass is 19.4. The van der Waals surface area contributed by atoms with Gasteiger partial charge in [0, 0.05) is 11.8 Å². The van der Waals surface area contributed by atoms with E-state index in [0.29, 0.717) is 6.07 Å². The van der Waals surface area contributed by atoms with Gasteiger partial charge < -0.3 is 15.2 Å². The smallest absolute Gasteiger partial charge is 0.417 e. The van der Waals surface area contributed by atoms with E-state index in [2.05, 4.69) is 9.72 Å². The summed E-state index contributed by atoms with van der Waals surface area (Å²) in [5, 5.41) is -0.258. The van der Waals surface area contributed by atoms with Crippen LogP contribution in [0.2, 0.25) is 0 Å². The molecule has 0 fully saturated rings. The van der Waals surface area contributed by atoms with Crippen molar-refractivity contribution in [1.82, 2.24) is 4.98 Å². The Morgan fingerprint density at radius 2 is 1.90 bits per heavy atom. The summed E-state index contributed by atoms with van der Waals surface area (Å²) in [6.07, 6.45) is -4.69. The number of benzene rings is 1. The molecule has 2 rings (SSSR count). The number of carbonyl (C=O) groups excluding carboxylic acids is 1. The Bertz CT molecular complexity index is 714. The predicted octanol–water partition coefficient (Wildman–Crippen LogP) is 2.63. The first-order valence-electron chi connectivity index (χ1n) is 5.71. The topological polar surface area (TPSA) is 74.4 Å². The minimum absolute atomic E-state index is 0.0683. The molecule has 8 heteroatoms. The molecule has 0 spiro atoms. The molecule has 5 nitrogen and oxygen atoms in total. The summed E-state index contributed by atoms with van der Waals surface area (Å²) in [6.45, 7) is 0. The molecule has 0 radical (unpaired) electrons. The van der Waals surface area contributed by atoms with Gasteiger partial charge in [-0.05, 0) is 12.1 Å². The second-order valence-corrected chi connectivity index (χ2v) is 4.16. The van der Waals surface area contributed by atoms with Crippen molar-refractivity contribution >= 4 is 22.6 Å². The number of nitrogens with zero attached hydrogens (tertiary/aromatic N) is 1. The Hall–Kier alpha value is -2.51. The third kappa shape index (κ3) is 2.69. The van der Waals surface area contributed by atoms with Gasteiger partial charge in [0.1, 0.15) is 11.4 Å². The van der Waals surface area contributed by atoms with E-state index >= 15 is 0 Å². The number of hydrogen-bond donors (Lipinski definition) is 1. The normalized spacial score (nSPS) is 11.5. The number of rotatable bonds is 2. The molecule has 2 aromatic rings. The maximum absolute atomic E-state index is 13.2. The van der Waals surface area contributed by atoms with Crippen LogP contribution in [0.4, 0.5) is 18.9 Å². The average Bonchev–Trinajstić information content (AvgIpc) is 2.42. The van der Waals surface area contributed by atoms with E-state index in [4.69, 9.17) is 10.5 Å². The number of fused-ring (bicyclic) bond motifs is 1. The summed E-state index contributed by atoms with van der Waals surface area (Å²) in [7, 11) is 2.28. The van der Waals surface area contributed by atoms with Gasteiger partial charge in [0.05, 0.1) is 30.7 Å². The molecule has 0 unspecified atom stereocenters. The van der Waals surface area contributed by atoms with Crippen LogP contribution in [-0.2, 0) is 10.9 Å². The second-order valence-electron chi connectivity index (χ2n) is 4.16. The fraction of sp³-hybridized carbons (Fsp3) is 0.231. The van der Waals surface area contributed by atoms with Gasteiger partial charge >= 0.3 is 12.1 Å². The zero-order valence-corrected chi connectivity index (χ0v) is 11.1. The van der Waals surface area contributed by atoms with Crippen LogP contribution in [0.25, 0.3) is 10.9 Å². The number of aromatic nitrogens is 1. The number of pyridine rings is 1. The number of ether oxygens (including phenoxy) is 2. The lowest BCUT2D eigenvalue weighted by Crippen LogP contribution is -2.12. The maximum atomic E-state index is 13.2. The number of esters is 1.